The Hall–Kier alpha value is -1.30. The van der Waals surface area contributed by atoms with Crippen molar-refractivity contribution >= 4 is 0 Å². The summed E-state index contributed by atoms with van der Waals surface area (Å²) in [6.07, 6.45) is 13.9. The molecule has 0 N–H and O–H groups in total. The van der Waals surface area contributed by atoms with Crippen molar-refractivity contribution < 1.29 is 0 Å². The highest BCUT2D eigenvalue weighted by Gasteiger charge is 2.15. The van der Waals surface area contributed by atoms with Crippen LogP contribution in [0.2, 0.25) is 0 Å². The van der Waals surface area contributed by atoms with Crippen molar-refractivity contribution in [2.75, 3.05) is 0 Å². The van der Waals surface area contributed by atoms with Gasteiger partial charge >= 0.3 is 0 Å². The number of hydrogen-bond acceptors (Lipinski definition) is 0. The predicted octanol–water partition coefficient (Wildman–Crippen LogP) is 7.13. The van der Waals surface area contributed by atoms with Crippen LogP contribution in [0.1, 0.15) is 87.8 Å². The molecule has 124 valence electrons. The first-order chi connectivity index (χ1) is 11.3. The molecular formula is C23H32. The van der Waals surface area contributed by atoms with Gasteiger partial charge in [-0.15, -0.1) is 0 Å². The van der Waals surface area contributed by atoms with Crippen molar-refractivity contribution in [3.05, 3.63) is 47.0 Å². The highest BCUT2D eigenvalue weighted by atomic mass is 14.2. The topological polar surface area (TPSA) is 0 Å². The van der Waals surface area contributed by atoms with Crippen LogP contribution in [0, 0.1) is 0 Å². The van der Waals surface area contributed by atoms with Gasteiger partial charge in [0.25, 0.3) is 0 Å². The van der Waals surface area contributed by atoms with Crippen molar-refractivity contribution in [1.82, 2.24) is 0 Å². The van der Waals surface area contributed by atoms with E-state index >= 15 is 0 Å². The first-order valence-electron chi connectivity index (χ1n) is 9.80. The lowest BCUT2D eigenvalue weighted by molar-refractivity contribution is 0.560. The van der Waals surface area contributed by atoms with Crippen molar-refractivity contribution in [3.8, 4) is 11.1 Å². The largest absolute Gasteiger partial charge is 0.0587 e. The van der Waals surface area contributed by atoms with E-state index in [4.69, 9.17) is 0 Å². The summed E-state index contributed by atoms with van der Waals surface area (Å²) in [4.78, 5) is 0. The van der Waals surface area contributed by atoms with Crippen LogP contribution in [0.5, 0.6) is 0 Å². The van der Waals surface area contributed by atoms with Crippen LogP contribution in [-0.4, -0.2) is 0 Å². The second-order valence-corrected chi connectivity index (χ2v) is 7.67. The summed E-state index contributed by atoms with van der Waals surface area (Å²) < 4.78 is 0. The molecule has 3 rings (SSSR count). The molecule has 0 saturated heterocycles. The Morgan fingerprint density at radius 2 is 1.30 bits per heavy atom. The first-order valence-corrected chi connectivity index (χ1v) is 9.80. The summed E-state index contributed by atoms with van der Waals surface area (Å²) in [5.74, 6) is 0.604. The Morgan fingerprint density at radius 3 is 2.00 bits per heavy atom. The molecule has 0 unspecified atom stereocenters. The minimum absolute atomic E-state index is 0.604. The molecule has 0 bridgehead atoms. The molecule has 0 aliphatic heterocycles. The van der Waals surface area contributed by atoms with Crippen molar-refractivity contribution in [2.45, 2.75) is 84.0 Å². The normalized spacial score (nSPS) is 17.5. The van der Waals surface area contributed by atoms with E-state index in [1.807, 2.05) is 0 Å². The molecule has 0 radical (unpaired) electrons. The maximum atomic E-state index is 2.49. The maximum absolute atomic E-state index is 2.49. The van der Waals surface area contributed by atoms with E-state index in [2.05, 4.69) is 44.2 Å². The molecular weight excluding hydrogens is 276 g/mol. The van der Waals surface area contributed by atoms with Crippen LogP contribution >= 0.6 is 0 Å². The molecule has 0 nitrogen and oxygen atoms in total. The number of fused-ring (bicyclic) bond motifs is 3. The second-order valence-electron chi connectivity index (χ2n) is 7.67. The second kappa shape index (κ2) is 7.99. The van der Waals surface area contributed by atoms with Crippen LogP contribution < -0.4 is 0 Å². The van der Waals surface area contributed by atoms with Crippen molar-refractivity contribution in [1.29, 1.82) is 0 Å². The number of hydrogen-bond donors (Lipinski definition) is 0. The van der Waals surface area contributed by atoms with Gasteiger partial charge < -0.3 is 0 Å². The maximum Gasteiger partial charge on any atom is -0.0149 e. The molecule has 23 heavy (non-hydrogen) atoms. The van der Waals surface area contributed by atoms with Gasteiger partial charge in [-0.25, -0.2) is 0 Å². The van der Waals surface area contributed by atoms with E-state index in [0.717, 1.165) is 0 Å². The molecule has 0 amide bonds. The lowest BCUT2D eigenvalue weighted by Gasteiger charge is -2.09. The Labute approximate surface area is 142 Å². The Balaban J connectivity index is 1.92. The highest BCUT2D eigenvalue weighted by Crippen LogP contribution is 2.35. The van der Waals surface area contributed by atoms with Gasteiger partial charge in [-0.2, -0.15) is 0 Å². The average molecular weight is 309 g/mol. The fourth-order valence-corrected chi connectivity index (χ4v) is 4.04. The lowest BCUT2D eigenvalue weighted by Crippen LogP contribution is -1.94. The summed E-state index contributed by atoms with van der Waals surface area (Å²) in [5, 5.41) is 0. The smallest absolute Gasteiger partial charge is 0.0149 e. The first kappa shape index (κ1) is 16.6. The summed E-state index contributed by atoms with van der Waals surface area (Å²) in [6.45, 7) is 4.57. The van der Waals surface area contributed by atoms with E-state index in [1.54, 1.807) is 11.1 Å². The van der Waals surface area contributed by atoms with E-state index in [1.165, 1.54) is 80.9 Å². The third kappa shape index (κ3) is 4.16. The van der Waals surface area contributed by atoms with Gasteiger partial charge in [-0.05, 0) is 59.4 Å². The average Bonchev–Trinajstić information content (AvgIpc) is 2.71. The molecule has 0 saturated carbocycles. The quantitative estimate of drug-likeness (QED) is 0.525. The van der Waals surface area contributed by atoms with Crippen molar-refractivity contribution in [2.24, 2.45) is 0 Å². The molecule has 3 aliphatic rings. The van der Waals surface area contributed by atoms with Crippen LogP contribution in [0.3, 0.4) is 0 Å². The summed E-state index contributed by atoms with van der Waals surface area (Å²) in [7, 11) is 0. The lowest BCUT2D eigenvalue weighted by atomic mass is 9.96. The van der Waals surface area contributed by atoms with Gasteiger partial charge in [0, 0.05) is 0 Å². The van der Waals surface area contributed by atoms with E-state index in [9.17, 15) is 0 Å². The molecule has 3 aliphatic carbocycles. The molecule has 0 aromatic carbocycles. The minimum Gasteiger partial charge on any atom is -0.0587 e. The van der Waals surface area contributed by atoms with Gasteiger partial charge in [0.05, 0.1) is 0 Å². The molecule has 0 spiro atoms. The predicted molar refractivity (Wildman–Crippen MR) is 101 cm³/mol. The molecule has 0 heterocycles. The number of rotatable bonds is 1. The van der Waals surface area contributed by atoms with E-state index < -0.39 is 0 Å². The van der Waals surface area contributed by atoms with E-state index in [0.29, 0.717) is 5.92 Å². The Bertz CT molecular complexity index is 593. The summed E-state index contributed by atoms with van der Waals surface area (Å²) in [6, 6.07) is 11.9. The Morgan fingerprint density at radius 1 is 0.696 bits per heavy atom. The fraction of sp³-hybridized carbons (Fsp3) is 0.565. The van der Waals surface area contributed by atoms with Crippen LogP contribution in [-0.2, 0) is 12.8 Å². The zero-order valence-corrected chi connectivity index (χ0v) is 15.0. The van der Waals surface area contributed by atoms with Crippen LogP contribution in [0.25, 0.3) is 11.1 Å². The molecule has 0 heteroatoms. The van der Waals surface area contributed by atoms with Gasteiger partial charge in [0.1, 0.15) is 0 Å². The minimum atomic E-state index is 0.604. The molecule has 0 atom stereocenters. The van der Waals surface area contributed by atoms with Gasteiger partial charge in [-0.1, -0.05) is 82.7 Å². The zero-order chi connectivity index (χ0) is 16.1. The monoisotopic (exact) mass is 308 g/mol. The van der Waals surface area contributed by atoms with Crippen molar-refractivity contribution in [3.63, 3.8) is 0 Å². The molecule has 0 aromatic heterocycles. The summed E-state index contributed by atoms with van der Waals surface area (Å²) in [5.41, 5.74) is 7.72. The third-order valence-electron chi connectivity index (χ3n) is 5.54. The Kier molecular flexibility index (Phi) is 5.75. The van der Waals surface area contributed by atoms with Crippen LogP contribution in [0.15, 0.2) is 30.3 Å². The van der Waals surface area contributed by atoms with E-state index in [-0.39, 0.29) is 0 Å². The third-order valence-corrected chi connectivity index (χ3v) is 5.54. The SMILES string of the molecule is CC(C)c1ccc2cc3c(c-2cc1)CCCCCCCCCC3. The molecule has 0 aromatic rings. The highest BCUT2D eigenvalue weighted by molar-refractivity contribution is 5.73. The number of aryl methyl sites for hydroxylation is 1. The zero-order valence-electron chi connectivity index (χ0n) is 15.0. The van der Waals surface area contributed by atoms with Crippen LogP contribution in [0.4, 0.5) is 0 Å². The standard InChI is InChI=1S/C23H32/c1-18(2)19-13-14-21-17-20-11-9-7-5-3-4-6-8-10-12-22(20)23(21)16-15-19/h13-18H,3-12H2,1-2H3. The van der Waals surface area contributed by atoms with Gasteiger partial charge in [0.15, 0.2) is 0 Å². The summed E-state index contributed by atoms with van der Waals surface area (Å²) >= 11 is 0. The van der Waals surface area contributed by atoms with Gasteiger partial charge in [-0.3, -0.25) is 0 Å². The van der Waals surface area contributed by atoms with Gasteiger partial charge in [0.2, 0.25) is 0 Å². The fourth-order valence-electron chi connectivity index (χ4n) is 4.04. The molecule has 0 fully saturated rings.